The van der Waals surface area contributed by atoms with Gasteiger partial charge in [0.2, 0.25) is 5.91 Å². The quantitative estimate of drug-likeness (QED) is 0.616. The van der Waals surface area contributed by atoms with E-state index in [4.69, 9.17) is 0 Å². The van der Waals surface area contributed by atoms with Crippen molar-refractivity contribution in [3.05, 3.63) is 54.9 Å². The van der Waals surface area contributed by atoms with Crippen LogP contribution < -0.4 is 10.0 Å². The first-order chi connectivity index (χ1) is 12.5. The smallest absolute Gasteiger partial charge is 0.263 e. The monoisotopic (exact) mass is 371 g/mol. The number of nitrogens with zero attached hydrogens (tertiary/aromatic N) is 2. The molecular formula is C17H17N5O3S. The predicted molar refractivity (Wildman–Crippen MR) is 98.0 cm³/mol. The maximum absolute atomic E-state index is 12.5. The summed E-state index contributed by atoms with van der Waals surface area (Å²) in [7, 11) is -3.79. The Hall–Kier alpha value is -3.20. The highest BCUT2D eigenvalue weighted by Gasteiger charge is 2.16. The van der Waals surface area contributed by atoms with Crippen LogP contribution in [0, 0.1) is 0 Å². The zero-order valence-electron chi connectivity index (χ0n) is 13.9. The van der Waals surface area contributed by atoms with Crippen molar-refractivity contribution >= 4 is 27.4 Å². The zero-order chi connectivity index (χ0) is 18.6. The number of carbonyl (C=O) groups excluding carboxylic acids is 1. The second-order valence-corrected chi connectivity index (χ2v) is 7.12. The number of nitrogens with one attached hydrogen (secondary N) is 3. The summed E-state index contributed by atoms with van der Waals surface area (Å²) in [5, 5.41) is 9.42. The highest BCUT2D eigenvalue weighted by atomic mass is 32.2. The van der Waals surface area contributed by atoms with Gasteiger partial charge in [-0.2, -0.15) is 5.10 Å². The Labute approximate surface area is 150 Å². The zero-order valence-corrected chi connectivity index (χ0v) is 14.7. The second-order valence-electron chi connectivity index (χ2n) is 5.43. The van der Waals surface area contributed by atoms with Gasteiger partial charge in [-0.1, -0.05) is 6.92 Å². The van der Waals surface area contributed by atoms with E-state index < -0.39 is 10.0 Å². The molecule has 26 heavy (non-hydrogen) atoms. The molecule has 3 rings (SSSR count). The Morgan fingerprint density at radius 2 is 1.81 bits per heavy atom. The van der Waals surface area contributed by atoms with Gasteiger partial charge in [0.15, 0.2) is 5.82 Å². The Morgan fingerprint density at radius 3 is 2.46 bits per heavy atom. The van der Waals surface area contributed by atoms with Crippen LogP contribution in [-0.4, -0.2) is 29.5 Å². The van der Waals surface area contributed by atoms with Crippen molar-refractivity contribution in [2.75, 3.05) is 10.0 Å². The van der Waals surface area contributed by atoms with E-state index in [2.05, 4.69) is 25.2 Å². The number of benzene rings is 1. The maximum Gasteiger partial charge on any atom is 0.263 e. The van der Waals surface area contributed by atoms with Crippen LogP contribution in [0.1, 0.15) is 13.3 Å². The number of aromatic nitrogens is 3. The van der Waals surface area contributed by atoms with Gasteiger partial charge in [-0.25, -0.2) is 8.42 Å². The molecule has 0 atom stereocenters. The molecule has 0 radical (unpaired) electrons. The minimum absolute atomic E-state index is 0.0699. The maximum atomic E-state index is 12.5. The molecule has 134 valence electrons. The van der Waals surface area contributed by atoms with E-state index in [1.807, 2.05) is 0 Å². The van der Waals surface area contributed by atoms with Gasteiger partial charge >= 0.3 is 0 Å². The SMILES string of the molecule is CCC(=O)Nc1ccc(S(=O)(=O)Nc2cc(-c3ccncc3)[nH]n2)cc1. The molecule has 0 unspecified atom stereocenters. The van der Waals surface area contributed by atoms with Gasteiger partial charge in [-0.05, 0) is 36.4 Å². The lowest BCUT2D eigenvalue weighted by Crippen LogP contribution is -2.14. The number of rotatable bonds is 6. The van der Waals surface area contributed by atoms with E-state index in [-0.39, 0.29) is 16.6 Å². The molecule has 0 saturated heterocycles. The largest absolute Gasteiger partial charge is 0.326 e. The number of H-pyrrole nitrogens is 1. The Bertz CT molecular complexity index is 998. The number of amides is 1. The van der Waals surface area contributed by atoms with Gasteiger partial charge in [-0.3, -0.25) is 19.6 Å². The van der Waals surface area contributed by atoms with E-state index in [0.29, 0.717) is 17.8 Å². The third-order valence-electron chi connectivity index (χ3n) is 3.58. The Balaban J connectivity index is 1.75. The van der Waals surface area contributed by atoms with Crippen molar-refractivity contribution in [3.63, 3.8) is 0 Å². The average Bonchev–Trinajstić information content (AvgIpc) is 3.10. The topological polar surface area (TPSA) is 117 Å². The number of carbonyl (C=O) groups is 1. The number of hydrogen-bond acceptors (Lipinski definition) is 5. The van der Waals surface area contributed by atoms with Crippen LogP contribution in [0.2, 0.25) is 0 Å². The molecule has 2 heterocycles. The van der Waals surface area contributed by atoms with Crippen LogP contribution in [0.15, 0.2) is 59.8 Å². The molecule has 8 nitrogen and oxygen atoms in total. The van der Waals surface area contributed by atoms with Crippen LogP contribution in [0.4, 0.5) is 11.5 Å². The molecule has 0 saturated carbocycles. The lowest BCUT2D eigenvalue weighted by molar-refractivity contribution is -0.115. The summed E-state index contributed by atoms with van der Waals surface area (Å²) in [6.45, 7) is 1.74. The van der Waals surface area contributed by atoms with Crippen LogP contribution in [-0.2, 0) is 14.8 Å². The summed E-state index contributed by atoms with van der Waals surface area (Å²) in [5.74, 6) is 0.0408. The van der Waals surface area contributed by atoms with Gasteiger partial charge in [0, 0.05) is 36.1 Å². The third kappa shape index (κ3) is 4.06. The van der Waals surface area contributed by atoms with Crippen molar-refractivity contribution in [3.8, 4) is 11.3 Å². The van der Waals surface area contributed by atoms with Crippen molar-refractivity contribution < 1.29 is 13.2 Å². The summed E-state index contributed by atoms with van der Waals surface area (Å²) in [6.07, 6.45) is 3.62. The van der Waals surface area contributed by atoms with Crippen LogP contribution in [0.25, 0.3) is 11.3 Å². The minimum atomic E-state index is -3.79. The fraction of sp³-hybridized carbons (Fsp3) is 0.118. The standard InChI is InChI=1S/C17H17N5O3S/c1-2-17(23)19-13-3-5-14(6-4-13)26(24,25)22-16-11-15(20-21-16)12-7-9-18-10-8-12/h3-11H,2H2,1H3,(H,19,23)(H2,20,21,22). The molecular weight excluding hydrogens is 354 g/mol. The summed E-state index contributed by atoms with van der Waals surface area (Å²) in [6, 6.07) is 11.1. The summed E-state index contributed by atoms with van der Waals surface area (Å²) in [5.41, 5.74) is 2.05. The number of pyridine rings is 1. The molecule has 1 aromatic carbocycles. The normalized spacial score (nSPS) is 11.1. The van der Waals surface area contributed by atoms with Gasteiger partial charge in [-0.15, -0.1) is 0 Å². The molecule has 0 fully saturated rings. The van der Waals surface area contributed by atoms with E-state index in [9.17, 15) is 13.2 Å². The Kier molecular flexibility index (Phi) is 4.99. The number of sulfonamides is 1. The first-order valence-electron chi connectivity index (χ1n) is 7.86. The van der Waals surface area contributed by atoms with Gasteiger partial charge in [0.05, 0.1) is 10.6 Å². The van der Waals surface area contributed by atoms with Gasteiger partial charge in [0.1, 0.15) is 0 Å². The first-order valence-corrected chi connectivity index (χ1v) is 9.35. The van der Waals surface area contributed by atoms with E-state index in [1.165, 1.54) is 24.3 Å². The fourth-order valence-corrected chi connectivity index (χ4v) is 3.21. The molecule has 3 N–H and O–H groups in total. The highest BCUT2D eigenvalue weighted by molar-refractivity contribution is 7.92. The summed E-state index contributed by atoms with van der Waals surface area (Å²) >= 11 is 0. The summed E-state index contributed by atoms with van der Waals surface area (Å²) < 4.78 is 27.4. The highest BCUT2D eigenvalue weighted by Crippen LogP contribution is 2.21. The van der Waals surface area contributed by atoms with Crippen molar-refractivity contribution in [1.82, 2.24) is 15.2 Å². The number of hydrogen-bond donors (Lipinski definition) is 3. The van der Waals surface area contributed by atoms with Crippen LogP contribution >= 0.6 is 0 Å². The lowest BCUT2D eigenvalue weighted by atomic mass is 10.2. The molecule has 3 aromatic rings. The van der Waals surface area contributed by atoms with E-state index in [1.54, 1.807) is 37.5 Å². The number of anilines is 2. The van der Waals surface area contributed by atoms with Crippen LogP contribution in [0.3, 0.4) is 0 Å². The van der Waals surface area contributed by atoms with Crippen molar-refractivity contribution in [2.24, 2.45) is 0 Å². The fourth-order valence-electron chi connectivity index (χ4n) is 2.22. The summed E-state index contributed by atoms with van der Waals surface area (Å²) in [4.78, 5) is 15.4. The Morgan fingerprint density at radius 1 is 1.12 bits per heavy atom. The molecule has 2 aromatic heterocycles. The molecule has 9 heteroatoms. The molecule has 0 aliphatic carbocycles. The van der Waals surface area contributed by atoms with Crippen LogP contribution in [0.5, 0.6) is 0 Å². The van der Waals surface area contributed by atoms with E-state index >= 15 is 0 Å². The van der Waals surface area contributed by atoms with Gasteiger partial charge in [0.25, 0.3) is 10.0 Å². The van der Waals surface area contributed by atoms with Crippen molar-refractivity contribution in [2.45, 2.75) is 18.2 Å². The molecule has 1 amide bonds. The predicted octanol–water partition coefficient (Wildman–Crippen LogP) is 2.62. The van der Waals surface area contributed by atoms with Gasteiger partial charge < -0.3 is 5.32 Å². The average molecular weight is 371 g/mol. The minimum Gasteiger partial charge on any atom is -0.326 e. The molecule has 0 aliphatic rings. The van der Waals surface area contributed by atoms with Crippen molar-refractivity contribution in [1.29, 1.82) is 0 Å². The lowest BCUT2D eigenvalue weighted by Gasteiger charge is -2.07. The second kappa shape index (κ2) is 7.36. The van der Waals surface area contributed by atoms with E-state index in [0.717, 1.165) is 5.56 Å². The molecule has 0 aliphatic heterocycles. The number of aromatic amines is 1. The first kappa shape index (κ1) is 17.6. The molecule has 0 bridgehead atoms. The third-order valence-corrected chi connectivity index (χ3v) is 4.95. The molecule has 0 spiro atoms.